The Morgan fingerprint density at radius 2 is 2.00 bits per heavy atom. The zero-order chi connectivity index (χ0) is 13.3. The van der Waals surface area contributed by atoms with Crippen molar-refractivity contribution in [3.8, 4) is 0 Å². The minimum absolute atomic E-state index is 0.470. The standard InChI is InChI=1S/C13H22N2.C2H6/c1-5-12(15-10(2)3)11-8-6-7-9-13(11)14-4;1-2/h5-6,8,10,14-15H,7,9H2,1-4H3;1-2H3/b12-5+;. The highest BCUT2D eigenvalue weighted by Gasteiger charge is 2.11. The van der Waals surface area contributed by atoms with Gasteiger partial charge in [-0.15, -0.1) is 0 Å². The van der Waals surface area contributed by atoms with Crippen molar-refractivity contribution in [2.75, 3.05) is 7.05 Å². The zero-order valence-electron chi connectivity index (χ0n) is 12.2. The average molecular weight is 236 g/mol. The van der Waals surface area contributed by atoms with E-state index in [0.717, 1.165) is 12.8 Å². The summed E-state index contributed by atoms with van der Waals surface area (Å²) in [5.74, 6) is 0. The molecule has 0 unspecified atom stereocenters. The van der Waals surface area contributed by atoms with Gasteiger partial charge in [0, 0.05) is 30.1 Å². The summed E-state index contributed by atoms with van der Waals surface area (Å²) in [5, 5.41) is 6.77. The second-order valence-electron chi connectivity index (χ2n) is 4.08. The molecule has 2 nitrogen and oxygen atoms in total. The maximum absolute atomic E-state index is 3.48. The molecule has 1 aliphatic rings. The third-order valence-electron chi connectivity index (χ3n) is 2.50. The molecule has 0 aliphatic heterocycles. The van der Waals surface area contributed by atoms with E-state index in [1.54, 1.807) is 0 Å². The number of hydrogen-bond acceptors (Lipinski definition) is 2. The Morgan fingerprint density at radius 3 is 2.47 bits per heavy atom. The Labute approximate surface area is 107 Å². The molecule has 0 heterocycles. The van der Waals surface area contributed by atoms with Gasteiger partial charge in [-0.1, -0.05) is 32.1 Å². The Balaban J connectivity index is 0.00000121. The van der Waals surface area contributed by atoms with Crippen molar-refractivity contribution in [1.29, 1.82) is 0 Å². The molecule has 0 spiro atoms. The molecule has 0 amide bonds. The van der Waals surface area contributed by atoms with E-state index in [1.807, 2.05) is 20.9 Å². The topological polar surface area (TPSA) is 24.1 Å². The molecule has 0 aromatic carbocycles. The van der Waals surface area contributed by atoms with Crippen molar-refractivity contribution >= 4 is 0 Å². The van der Waals surface area contributed by atoms with Crippen molar-refractivity contribution in [3.63, 3.8) is 0 Å². The molecule has 1 rings (SSSR count). The minimum atomic E-state index is 0.470. The van der Waals surface area contributed by atoms with Gasteiger partial charge in [0.1, 0.15) is 0 Å². The molecule has 0 bridgehead atoms. The quantitative estimate of drug-likeness (QED) is 0.777. The first kappa shape index (κ1) is 15.8. The molecule has 1 aliphatic carbocycles. The van der Waals surface area contributed by atoms with E-state index >= 15 is 0 Å². The smallest absolute Gasteiger partial charge is 0.0389 e. The number of hydrogen-bond donors (Lipinski definition) is 2. The summed E-state index contributed by atoms with van der Waals surface area (Å²) < 4.78 is 0. The van der Waals surface area contributed by atoms with Gasteiger partial charge < -0.3 is 10.6 Å². The largest absolute Gasteiger partial charge is 0.391 e. The summed E-state index contributed by atoms with van der Waals surface area (Å²) >= 11 is 0. The molecule has 17 heavy (non-hydrogen) atoms. The molecular weight excluding hydrogens is 208 g/mol. The van der Waals surface area contributed by atoms with Crippen molar-refractivity contribution < 1.29 is 0 Å². The van der Waals surface area contributed by atoms with E-state index in [9.17, 15) is 0 Å². The lowest BCUT2D eigenvalue weighted by Crippen LogP contribution is -2.25. The van der Waals surface area contributed by atoms with E-state index in [2.05, 4.69) is 49.6 Å². The summed E-state index contributed by atoms with van der Waals surface area (Å²) in [4.78, 5) is 0. The van der Waals surface area contributed by atoms with Crippen LogP contribution >= 0.6 is 0 Å². The number of nitrogens with one attached hydrogen (secondary N) is 2. The van der Waals surface area contributed by atoms with Gasteiger partial charge >= 0.3 is 0 Å². The van der Waals surface area contributed by atoms with Crippen LogP contribution in [-0.2, 0) is 0 Å². The highest BCUT2D eigenvalue weighted by atomic mass is 14.9. The van der Waals surface area contributed by atoms with Gasteiger partial charge in [0.15, 0.2) is 0 Å². The summed E-state index contributed by atoms with van der Waals surface area (Å²) in [7, 11) is 2.00. The minimum Gasteiger partial charge on any atom is -0.391 e. The maximum atomic E-state index is 3.48. The molecule has 0 fully saturated rings. The molecular formula is C15H28N2. The fraction of sp³-hybridized carbons (Fsp3) is 0.600. The molecule has 0 saturated heterocycles. The van der Waals surface area contributed by atoms with Crippen LogP contribution in [0.5, 0.6) is 0 Å². The van der Waals surface area contributed by atoms with Crippen molar-refractivity contribution in [2.45, 2.75) is 53.5 Å². The second-order valence-corrected chi connectivity index (χ2v) is 4.08. The van der Waals surface area contributed by atoms with Crippen LogP contribution < -0.4 is 10.6 Å². The fourth-order valence-corrected chi connectivity index (χ4v) is 1.80. The van der Waals surface area contributed by atoms with Gasteiger partial charge in [-0.05, 0) is 33.6 Å². The van der Waals surface area contributed by atoms with Crippen molar-refractivity contribution in [2.24, 2.45) is 0 Å². The first-order valence-electron chi connectivity index (χ1n) is 6.69. The number of allylic oxidation sites excluding steroid dienone is 4. The van der Waals surface area contributed by atoms with Crippen molar-refractivity contribution in [1.82, 2.24) is 10.6 Å². The van der Waals surface area contributed by atoms with Gasteiger partial charge in [-0.2, -0.15) is 0 Å². The molecule has 98 valence electrons. The third kappa shape index (κ3) is 5.12. The van der Waals surface area contributed by atoms with Gasteiger partial charge in [0.25, 0.3) is 0 Å². The van der Waals surface area contributed by atoms with Gasteiger partial charge in [0.2, 0.25) is 0 Å². The van der Waals surface area contributed by atoms with Gasteiger partial charge in [0.05, 0.1) is 0 Å². The summed E-state index contributed by atoms with van der Waals surface area (Å²) in [6.45, 7) is 10.4. The highest BCUT2D eigenvalue weighted by Crippen LogP contribution is 2.21. The predicted molar refractivity (Wildman–Crippen MR) is 77.8 cm³/mol. The molecule has 0 aromatic heterocycles. The van der Waals surface area contributed by atoms with Crippen LogP contribution in [0.4, 0.5) is 0 Å². The van der Waals surface area contributed by atoms with Crippen LogP contribution in [0.25, 0.3) is 0 Å². The van der Waals surface area contributed by atoms with E-state index < -0.39 is 0 Å². The third-order valence-corrected chi connectivity index (χ3v) is 2.50. The fourth-order valence-electron chi connectivity index (χ4n) is 1.80. The van der Waals surface area contributed by atoms with E-state index in [4.69, 9.17) is 0 Å². The summed E-state index contributed by atoms with van der Waals surface area (Å²) in [5.41, 5.74) is 3.86. The van der Waals surface area contributed by atoms with Crippen LogP contribution in [0.3, 0.4) is 0 Å². The molecule has 0 radical (unpaired) electrons. The zero-order valence-corrected chi connectivity index (χ0v) is 12.2. The molecule has 0 atom stereocenters. The van der Waals surface area contributed by atoms with Gasteiger partial charge in [-0.3, -0.25) is 0 Å². The second kappa shape index (κ2) is 8.91. The maximum Gasteiger partial charge on any atom is 0.0389 e. The van der Waals surface area contributed by atoms with E-state index in [-0.39, 0.29) is 0 Å². The Kier molecular flexibility index (Phi) is 8.29. The van der Waals surface area contributed by atoms with Crippen LogP contribution in [0.2, 0.25) is 0 Å². The van der Waals surface area contributed by atoms with E-state index in [1.165, 1.54) is 17.0 Å². The normalized spacial score (nSPS) is 15.6. The lowest BCUT2D eigenvalue weighted by atomic mass is 10.00. The highest BCUT2D eigenvalue weighted by molar-refractivity contribution is 5.43. The van der Waals surface area contributed by atoms with Crippen LogP contribution in [0, 0.1) is 0 Å². The Bertz CT molecular complexity index is 296. The lowest BCUT2D eigenvalue weighted by molar-refractivity contribution is 0.669. The lowest BCUT2D eigenvalue weighted by Gasteiger charge is -2.21. The molecule has 2 heteroatoms. The summed E-state index contributed by atoms with van der Waals surface area (Å²) in [6, 6.07) is 0.470. The predicted octanol–water partition coefficient (Wildman–Crippen LogP) is 3.74. The monoisotopic (exact) mass is 236 g/mol. The van der Waals surface area contributed by atoms with Crippen LogP contribution in [0.15, 0.2) is 35.2 Å². The molecule has 2 N–H and O–H groups in total. The molecule has 0 aromatic rings. The average Bonchev–Trinajstić information content (AvgIpc) is 2.38. The first-order valence-corrected chi connectivity index (χ1v) is 6.69. The van der Waals surface area contributed by atoms with Crippen LogP contribution in [0.1, 0.15) is 47.5 Å². The Morgan fingerprint density at radius 1 is 1.35 bits per heavy atom. The molecule has 0 saturated carbocycles. The Hall–Kier alpha value is -1.18. The number of rotatable bonds is 4. The van der Waals surface area contributed by atoms with E-state index in [0.29, 0.717) is 6.04 Å². The van der Waals surface area contributed by atoms with Crippen LogP contribution in [-0.4, -0.2) is 13.1 Å². The van der Waals surface area contributed by atoms with Crippen molar-refractivity contribution in [3.05, 3.63) is 35.2 Å². The summed E-state index contributed by atoms with van der Waals surface area (Å²) in [6.07, 6.45) is 8.84. The van der Waals surface area contributed by atoms with Gasteiger partial charge in [-0.25, -0.2) is 0 Å². The SMILES string of the molecule is C/C=C(/NC(C)C)C1=C(NC)CCC=C1.CC. The first-order chi connectivity index (χ1) is 8.19.